The zero-order valence-corrected chi connectivity index (χ0v) is 11.3. The molecular weight excluding hydrogens is 284 g/mol. The van der Waals surface area contributed by atoms with Gasteiger partial charge in [-0.15, -0.1) is 23.1 Å². The van der Waals surface area contributed by atoms with E-state index in [0.717, 1.165) is 20.9 Å². The van der Waals surface area contributed by atoms with Crippen LogP contribution in [0.5, 0.6) is 0 Å². The average molecular weight is 294 g/mol. The largest absolute Gasteiger partial charge is 0.480 e. The summed E-state index contributed by atoms with van der Waals surface area (Å²) in [4.78, 5) is 19.5. The Kier molecular flexibility index (Phi) is 3.13. The van der Waals surface area contributed by atoms with E-state index < -0.39 is 12.0 Å². The van der Waals surface area contributed by atoms with Gasteiger partial charge in [0.15, 0.2) is 6.04 Å². The molecule has 4 N–H and O–H groups in total. The van der Waals surface area contributed by atoms with Crippen LogP contribution in [0.2, 0.25) is 0 Å². The van der Waals surface area contributed by atoms with Gasteiger partial charge in [0.2, 0.25) is 0 Å². The molecule has 98 valence electrons. The van der Waals surface area contributed by atoms with Gasteiger partial charge < -0.3 is 10.5 Å². The summed E-state index contributed by atoms with van der Waals surface area (Å²) in [6, 6.07) is 4.97. The molecule has 6 nitrogen and oxygen atoms in total. The van der Waals surface area contributed by atoms with Gasteiger partial charge in [0.1, 0.15) is 10.1 Å². The number of aromatic nitrogens is 1. The fourth-order valence-corrected chi connectivity index (χ4v) is 3.83. The Morgan fingerprint density at radius 2 is 2.37 bits per heavy atom. The number of benzene rings is 1. The second-order valence-corrected chi connectivity index (χ2v) is 5.98. The molecule has 1 aromatic carbocycles. The Balaban J connectivity index is 1.98. The van der Waals surface area contributed by atoms with E-state index in [1.807, 2.05) is 18.2 Å². The molecule has 8 heteroatoms. The van der Waals surface area contributed by atoms with Crippen LogP contribution in [0.25, 0.3) is 10.2 Å². The summed E-state index contributed by atoms with van der Waals surface area (Å²) in [6.45, 7) is 0. The molecule has 0 radical (unpaired) electrons. The molecule has 1 aliphatic rings. The lowest BCUT2D eigenvalue weighted by atomic mass is 10.3. The van der Waals surface area contributed by atoms with Gasteiger partial charge in [-0.2, -0.15) is 0 Å². The van der Waals surface area contributed by atoms with Crippen molar-refractivity contribution in [1.82, 2.24) is 4.98 Å². The van der Waals surface area contributed by atoms with Crippen molar-refractivity contribution in [2.24, 2.45) is 10.8 Å². The molecule has 3 rings (SSSR count). The Morgan fingerprint density at radius 3 is 3.05 bits per heavy atom. The van der Waals surface area contributed by atoms with Crippen molar-refractivity contribution in [3.8, 4) is 0 Å². The summed E-state index contributed by atoms with van der Waals surface area (Å²) in [5.74, 6) is 4.94. The number of thiazole rings is 1. The van der Waals surface area contributed by atoms with Crippen LogP contribution in [0, 0.1) is 0 Å². The van der Waals surface area contributed by atoms with E-state index in [1.165, 1.54) is 23.1 Å². The molecule has 0 spiro atoms. The van der Waals surface area contributed by atoms with Crippen molar-refractivity contribution < 1.29 is 9.90 Å². The van der Waals surface area contributed by atoms with Crippen molar-refractivity contribution in [2.75, 3.05) is 11.2 Å². The Bertz CT molecular complexity index is 682. The first-order chi connectivity index (χ1) is 9.17. The van der Waals surface area contributed by atoms with Gasteiger partial charge in [0, 0.05) is 5.75 Å². The van der Waals surface area contributed by atoms with Crippen molar-refractivity contribution in [2.45, 2.75) is 6.04 Å². The number of hydrogen-bond acceptors (Lipinski definition) is 7. The number of aliphatic carboxylic acids is 1. The molecule has 2 heterocycles. The number of nitrogens with two attached hydrogens (primary N) is 1. The fourth-order valence-electron chi connectivity index (χ4n) is 1.72. The van der Waals surface area contributed by atoms with Crippen molar-refractivity contribution in [3.63, 3.8) is 0 Å². The fraction of sp³-hybridized carbons (Fsp3) is 0.182. The summed E-state index contributed by atoms with van der Waals surface area (Å²) >= 11 is 2.92. The quantitative estimate of drug-likeness (QED) is 0.586. The molecule has 0 fully saturated rings. The van der Waals surface area contributed by atoms with E-state index >= 15 is 0 Å². The maximum absolute atomic E-state index is 10.9. The number of nitrogens with one attached hydrogen (secondary N) is 1. The van der Waals surface area contributed by atoms with Crippen LogP contribution in [0.15, 0.2) is 23.2 Å². The number of carboxylic acids is 1. The summed E-state index contributed by atoms with van der Waals surface area (Å²) in [6.07, 6.45) is 0. The summed E-state index contributed by atoms with van der Waals surface area (Å²) in [5, 5.41) is 10.4. The minimum atomic E-state index is -0.891. The molecule has 1 aliphatic heterocycles. The molecule has 0 amide bonds. The van der Waals surface area contributed by atoms with Crippen molar-refractivity contribution in [1.29, 1.82) is 0 Å². The zero-order chi connectivity index (χ0) is 13.4. The second-order valence-electron chi connectivity index (χ2n) is 3.95. The van der Waals surface area contributed by atoms with Gasteiger partial charge in [-0.1, -0.05) is 0 Å². The van der Waals surface area contributed by atoms with E-state index in [0.29, 0.717) is 10.8 Å². The minimum Gasteiger partial charge on any atom is -0.480 e. The maximum atomic E-state index is 10.9. The number of hydrogen-bond donors (Lipinski definition) is 3. The molecule has 0 saturated heterocycles. The normalized spacial score (nSPS) is 18.6. The predicted molar refractivity (Wildman–Crippen MR) is 77.8 cm³/mol. The second kappa shape index (κ2) is 4.80. The molecular formula is C11H10N4O2S2. The average Bonchev–Trinajstić information content (AvgIpc) is 3.04. The monoisotopic (exact) mass is 294 g/mol. The number of nitrogen functional groups attached to an aromatic ring is 1. The predicted octanol–water partition coefficient (Wildman–Crippen LogP) is 1.53. The Labute approximate surface area is 116 Å². The van der Waals surface area contributed by atoms with Crippen LogP contribution >= 0.6 is 23.1 Å². The van der Waals surface area contributed by atoms with Gasteiger partial charge in [0.25, 0.3) is 0 Å². The summed E-state index contributed by atoms with van der Waals surface area (Å²) < 4.78 is 0.993. The van der Waals surface area contributed by atoms with E-state index in [-0.39, 0.29) is 0 Å². The summed E-state index contributed by atoms with van der Waals surface area (Å²) in [7, 11) is 0. The molecule has 1 unspecified atom stereocenters. The molecule has 0 bridgehead atoms. The highest BCUT2D eigenvalue weighted by molar-refractivity contribution is 8.15. The standard InChI is InChI=1S/C11H10N4O2S2/c12-15-5-1-2-6-8(3-5)19-10(13-6)9-14-7(4-18-9)11(16)17/h1-3,7,15H,4,12H2,(H,16,17). The van der Waals surface area contributed by atoms with Gasteiger partial charge in [-0.05, 0) is 18.2 Å². The van der Waals surface area contributed by atoms with Crippen molar-refractivity contribution >= 4 is 50.0 Å². The van der Waals surface area contributed by atoms with E-state index in [2.05, 4.69) is 15.4 Å². The van der Waals surface area contributed by atoms with Crippen LogP contribution in [-0.2, 0) is 4.79 Å². The number of thioether (sulfide) groups is 1. The number of anilines is 1. The lowest BCUT2D eigenvalue weighted by molar-refractivity contribution is -0.137. The highest BCUT2D eigenvalue weighted by Gasteiger charge is 2.26. The third-order valence-electron chi connectivity index (χ3n) is 2.67. The lowest BCUT2D eigenvalue weighted by Crippen LogP contribution is -2.17. The minimum absolute atomic E-state index is 0.468. The molecule has 1 aromatic heterocycles. The van der Waals surface area contributed by atoms with Crippen LogP contribution < -0.4 is 11.3 Å². The molecule has 0 aliphatic carbocycles. The van der Waals surface area contributed by atoms with E-state index in [4.69, 9.17) is 10.9 Å². The smallest absolute Gasteiger partial charge is 0.329 e. The Morgan fingerprint density at radius 1 is 1.53 bits per heavy atom. The van der Waals surface area contributed by atoms with Gasteiger partial charge in [0.05, 0.1) is 15.9 Å². The number of fused-ring (bicyclic) bond motifs is 1. The van der Waals surface area contributed by atoms with Crippen molar-refractivity contribution in [3.05, 3.63) is 23.2 Å². The van der Waals surface area contributed by atoms with Gasteiger partial charge in [-0.25, -0.2) is 9.78 Å². The first-order valence-corrected chi connectivity index (χ1v) is 7.28. The number of hydrazine groups is 1. The third-order valence-corrected chi connectivity index (χ3v) is 4.88. The van der Waals surface area contributed by atoms with Gasteiger partial charge in [-0.3, -0.25) is 10.8 Å². The van der Waals surface area contributed by atoms with Crippen LogP contribution in [-0.4, -0.2) is 32.9 Å². The van der Waals surface area contributed by atoms with Crippen LogP contribution in [0.4, 0.5) is 5.69 Å². The maximum Gasteiger partial charge on any atom is 0.329 e. The van der Waals surface area contributed by atoms with E-state index in [9.17, 15) is 4.79 Å². The SMILES string of the molecule is NNc1ccc2nc(C3=NC(C(=O)O)CS3)sc2c1. The Hall–Kier alpha value is -1.64. The van der Waals surface area contributed by atoms with Gasteiger partial charge >= 0.3 is 5.97 Å². The molecule has 19 heavy (non-hydrogen) atoms. The first kappa shape index (κ1) is 12.4. The lowest BCUT2D eigenvalue weighted by Gasteiger charge is -1.96. The van der Waals surface area contributed by atoms with Crippen LogP contribution in [0.1, 0.15) is 5.01 Å². The molecule has 0 saturated carbocycles. The number of nitrogens with zero attached hydrogens (tertiary/aromatic N) is 2. The molecule has 1 atom stereocenters. The topological polar surface area (TPSA) is 101 Å². The number of aliphatic imine (C=N–C) groups is 1. The number of carboxylic acid groups (broad SMARTS) is 1. The highest BCUT2D eigenvalue weighted by atomic mass is 32.2. The van der Waals surface area contributed by atoms with Crippen LogP contribution in [0.3, 0.4) is 0 Å². The number of carbonyl (C=O) groups is 1. The number of rotatable bonds is 3. The highest BCUT2D eigenvalue weighted by Crippen LogP contribution is 2.30. The van der Waals surface area contributed by atoms with E-state index in [1.54, 1.807) is 0 Å². The third kappa shape index (κ3) is 2.29. The molecule has 2 aromatic rings. The first-order valence-electron chi connectivity index (χ1n) is 5.48. The zero-order valence-electron chi connectivity index (χ0n) is 9.66. The summed E-state index contributed by atoms with van der Waals surface area (Å²) in [5.41, 5.74) is 4.26.